The van der Waals surface area contributed by atoms with E-state index in [9.17, 15) is 9.18 Å². The fraction of sp³-hybridized carbons (Fsp3) is 0.300. The lowest BCUT2D eigenvalue weighted by atomic mass is 10.2. The molecule has 0 fully saturated rings. The van der Waals surface area contributed by atoms with Crippen molar-refractivity contribution in [2.75, 3.05) is 0 Å². The number of carbonyl (C=O) groups excluding carboxylic acids is 1. The van der Waals surface area contributed by atoms with Gasteiger partial charge < -0.3 is 16.2 Å². The summed E-state index contributed by atoms with van der Waals surface area (Å²) in [6.07, 6.45) is 0. The van der Waals surface area contributed by atoms with Gasteiger partial charge in [0.25, 0.3) is 0 Å². The number of nitrogens with one attached hydrogen (secondary N) is 1. The lowest BCUT2D eigenvalue weighted by Gasteiger charge is -2.07. The third-order valence-corrected chi connectivity index (χ3v) is 1.89. The third kappa shape index (κ3) is 4.04. The molecule has 0 heterocycles. The average Bonchev–Trinajstić information content (AvgIpc) is 2.19. The van der Waals surface area contributed by atoms with Crippen LogP contribution < -0.4 is 11.1 Å². The number of aromatic hydroxyl groups is 1. The Kier molecular flexibility index (Phi) is 5.77. The van der Waals surface area contributed by atoms with E-state index in [-0.39, 0.29) is 24.9 Å². The molecule has 1 atom stereocenters. The van der Waals surface area contributed by atoms with Crippen molar-refractivity contribution in [3.05, 3.63) is 29.6 Å². The summed E-state index contributed by atoms with van der Waals surface area (Å²) in [6, 6.07) is 3.34. The predicted octanol–water partition coefficient (Wildman–Crippen LogP) is 0.916. The quantitative estimate of drug-likeness (QED) is 0.745. The van der Waals surface area contributed by atoms with E-state index in [0.717, 1.165) is 6.07 Å². The van der Waals surface area contributed by atoms with E-state index in [1.807, 2.05) is 0 Å². The topological polar surface area (TPSA) is 75.4 Å². The zero-order chi connectivity index (χ0) is 11.4. The summed E-state index contributed by atoms with van der Waals surface area (Å²) >= 11 is 0. The average molecular weight is 249 g/mol. The Morgan fingerprint density at radius 3 is 2.75 bits per heavy atom. The summed E-state index contributed by atoms with van der Waals surface area (Å²) in [7, 11) is 0. The minimum atomic E-state index is -0.706. The normalized spacial score (nSPS) is 11.4. The molecule has 1 aromatic rings. The third-order valence-electron chi connectivity index (χ3n) is 1.89. The van der Waals surface area contributed by atoms with E-state index in [1.54, 1.807) is 6.92 Å². The largest absolute Gasteiger partial charge is 0.505 e. The van der Waals surface area contributed by atoms with Gasteiger partial charge >= 0.3 is 0 Å². The molecule has 0 saturated carbocycles. The maximum absolute atomic E-state index is 12.9. The van der Waals surface area contributed by atoms with Crippen molar-refractivity contribution in [3.8, 4) is 5.75 Å². The Labute approximate surface area is 99.1 Å². The van der Waals surface area contributed by atoms with Crippen LogP contribution in [-0.2, 0) is 11.3 Å². The molecule has 4 N–H and O–H groups in total. The van der Waals surface area contributed by atoms with Crippen LogP contribution in [0.4, 0.5) is 4.39 Å². The zero-order valence-corrected chi connectivity index (χ0v) is 9.55. The molecule has 0 aliphatic rings. The van der Waals surface area contributed by atoms with Gasteiger partial charge in [0.05, 0.1) is 6.04 Å². The minimum Gasteiger partial charge on any atom is -0.505 e. The molecular formula is C10H14ClFN2O2. The second-order valence-corrected chi connectivity index (χ2v) is 3.29. The summed E-state index contributed by atoms with van der Waals surface area (Å²) in [5, 5.41) is 11.5. The summed E-state index contributed by atoms with van der Waals surface area (Å²) in [5.74, 6) is -1.41. The first kappa shape index (κ1) is 14.7. The Morgan fingerprint density at radius 1 is 1.62 bits per heavy atom. The fourth-order valence-electron chi connectivity index (χ4n) is 1.01. The van der Waals surface area contributed by atoms with Gasteiger partial charge in [0, 0.05) is 6.54 Å². The van der Waals surface area contributed by atoms with Crippen molar-refractivity contribution >= 4 is 18.3 Å². The second kappa shape index (κ2) is 6.30. The predicted molar refractivity (Wildman–Crippen MR) is 60.8 cm³/mol. The maximum Gasteiger partial charge on any atom is 0.236 e. The van der Waals surface area contributed by atoms with E-state index >= 15 is 0 Å². The monoisotopic (exact) mass is 248 g/mol. The van der Waals surface area contributed by atoms with Crippen LogP contribution in [0.1, 0.15) is 12.5 Å². The molecule has 0 saturated heterocycles. The molecular weight excluding hydrogens is 235 g/mol. The number of benzene rings is 1. The molecule has 90 valence electrons. The molecule has 16 heavy (non-hydrogen) atoms. The van der Waals surface area contributed by atoms with Crippen molar-refractivity contribution in [1.29, 1.82) is 0 Å². The first-order valence-corrected chi connectivity index (χ1v) is 4.51. The number of phenolic OH excluding ortho intramolecular Hbond substituents is 1. The molecule has 1 unspecified atom stereocenters. The molecule has 1 rings (SSSR count). The van der Waals surface area contributed by atoms with Gasteiger partial charge in [0.1, 0.15) is 0 Å². The SMILES string of the molecule is CC(N)C(=O)NCc1ccc(O)c(F)c1.Cl. The van der Waals surface area contributed by atoms with Crippen molar-refractivity contribution in [3.63, 3.8) is 0 Å². The molecule has 0 radical (unpaired) electrons. The number of carbonyl (C=O) groups is 1. The lowest BCUT2D eigenvalue weighted by molar-refractivity contribution is -0.122. The number of hydrogen-bond donors (Lipinski definition) is 3. The molecule has 6 heteroatoms. The maximum atomic E-state index is 12.9. The zero-order valence-electron chi connectivity index (χ0n) is 8.74. The van der Waals surface area contributed by atoms with Crippen molar-refractivity contribution in [1.82, 2.24) is 5.32 Å². The molecule has 4 nitrogen and oxygen atoms in total. The van der Waals surface area contributed by atoms with Crippen molar-refractivity contribution in [2.24, 2.45) is 5.73 Å². The van der Waals surface area contributed by atoms with E-state index in [4.69, 9.17) is 10.8 Å². The highest BCUT2D eigenvalue weighted by Gasteiger charge is 2.07. The molecule has 0 bridgehead atoms. The summed E-state index contributed by atoms with van der Waals surface area (Å²) in [6.45, 7) is 1.75. The highest BCUT2D eigenvalue weighted by molar-refractivity contribution is 5.85. The van der Waals surface area contributed by atoms with Gasteiger partial charge in [-0.15, -0.1) is 12.4 Å². The van der Waals surface area contributed by atoms with Gasteiger partial charge in [-0.1, -0.05) is 6.07 Å². The van der Waals surface area contributed by atoms with Crippen LogP contribution in [0.2, 0.25) is 0 Å². The van der Waals surface area contributed by atoms with Crippen LogP contribution >= 0.6 is 12.4 Å². The molecule has 1 amide bonds. The highest BCUT2D eigenvalue weighted by atomic mass is 35.5. The number of halogens is 2. The van der Waals surface area contributed by atoms with Crippen molar-refractivity contribution in [2.45, 2.75) is 19.5 Å². The molecule has 1 aromatic carbocycles. The highest BCUT2D eigenvalue weighted by Crippen LogP contribution is 2.15. The van der Waals surface area contributed by atoms with Gasteiger partial charge in [0.15, 0.2) is 11.6 Å². The van der Waals surface area contributed by atoms with Crippen LogP contribution in [0.15, 0.2) is 18.2 Å². The minimum absolute atomic E-state index is 0. The summed E-state index contributed by atoms with van der Waals surface area (Å²) < 4.78 is 12.9. The number of amides is 1. The smallest absolute Gasteiger partial charge is 0.236 e. The van der Waals surface area contributed by atoms with E-state index < -0.39 is 17.6 Å². The number of rotatable bonds is 3. The lowest BCUT2D eigenvalue weighted by Crippen LogP contribution is -2.37. The Morgan fingerprint density at radius 2 is 2.25 bits per heavy atom. The van der Waals surface area contributed by atoms with E-state index in [1.165, 1.54) is 12.1 Å². The van der Waals surface area contributed by atoms with Crippen LogP contribution in [0.5, 0.6) is 5.75 Å². The fourth-order valence-corrected chi connectivity index (χ4v) is 1.01. The van der Waals surface area contributed by atoms with Crippen LogP contribution in [0, 0.1) is 5.82 Å². The van der Waals surface area contributed by atoms with Gasteiger partial charge in [-0.3, -0.25) is 4.79 Å². The molecule has 0 aromatic heterocycles. The number of phenols is 1. The second-order valence-electron chi connectivity index (χ2n) is 3.29. The van der Waals surface area contributed by atoms with Crippen molar-refractivity contribution < 1.29 is 14.3 Å². The van der Waals surface area contributed by atoms with Crippen LogP contribution in [0.3, 0.4) is 0 Å². The van der Waals surface area contributed by atoms with Gasteiger partial charge in [0.2, 0.25) is 5.91 Å². The molecule has 0 aliphatic heterocycles. The van der Waals surface area contributed by atoms with Crippen LogP contribution in [-0.4, -0.2) is 17.1 Å². The summed E-state index contributed by atoms with van der Waals surface area (Å²) in [4.78, 5) is 11.1. The number of nitrogens with two attached hydrogens (primary N) is 1. The van der Waals surface area contributed by atoms with Gasteiger partial charge in [-0.25, -0.2) is 4.39 Å². The first-order valence-electron chi connectivity index (χ1n) is 4.51. The molecule has 0 spiro atoms. The molecule has 0 aliphatic carbocycles. The van der Waals surface area contributed by atoms with E-state index in [0.29, 0.717) is 5.56 Å². The Bertz CT molecular complexity index is 372. The van der Waals surface area contributed by atoms with Gasteiger partial charge in [-0.05, 0) is 24.6 Å². The Balaban J connectivity index is 0.00000225. The van der Waals surface area contributed by atoms with Crippen LogP contribution in [0.25, 0.3) is 0 Å². The first-order chi connectivity index (χ1) is 7.00. The number of hydrogen-bond acceptors (Lipinski definition) is 3. The van der Waals surface area contributed by atoms with Gasteiger partial charge in [-0.2, -0.15) is 0 Å². The standard InChI is InChI=1S/C10H13FN2O2.ClH/c1-6(12)10(15)13-5-7-2-3-9(14)8(11)4-7;/h2-4,6,14H,5,12H2,1H3,(H,13,15);1H. The Hall–Kier alpha value is -1.33. The summed E-state index contributed by atoms with van der Waals surface area (Å²) in [5.41, 5.74) is 5.90. The van der Waals surface area contributed by atoms with E-state index in [2.05, 4.69) is 5.32 Å².